The second kappa shape index (κ2) is 4.37. The first-order chi connectivity index (χ1) is 8.28. The van der Waals surface area contributed by atoms with E-state index in [2.05, 4.69) is 36.3 Å². The topological polar surface area (TPSA) is 32.6 Å². The molecule has 3 rings (SSSR count). The van der Waals surface area contributed by atoms with E-state index in [1.54, 1.807) is 0 Å². The molecule has 1 aromatic carbocycles. The lowest BCUT2D eigenvalue weighted by atomic mass is 9.98. The fourth-order valence-electron chi connectivity index (χ4n) is 3.09. The van der Waals surface area contributed by atoms with E-state index < -0.39 is 0 Å². The lowest BCUT2D eigenvalue weighted by Gasteiger charge is -2.22. The van der Waals surface area contributed by atoms with Gasteiger partial charge in [-0.1, -0.05) is 22.9 Å². The molecule has 0 radical (unpaired) electrons. The molecule has 17 heavy (non-hydrogen) atoms. The molecule has 3 unspecified atom stereocenters. The molecule has 1 N–H and O–H groups in total. The summed E-state index contributed by atoms with van der Waals surface area (Å²) in [6.07, 6.45) is 3.74. The molecule has 2 bridgehead atoms. The summed E-state index contributed by atoms with van der Waals surface area (Å²) in [6, 6.07) is 8.62. The van der Waals surface area contributed by atoms with Crippen LogP contribution in [0.3, 0.4) is 0 Å². The maximum absolute atomic E-state index is 9.16. The number of hydrogen-bond acceptors (Lipinski definition) is 3. The van der Waals surface area contributed by atoms with Gasteiger partial charge in [0.25, 0.3) is 0 Å². The van der Waals surface area contributed by atoms with Gasteiger partial charge in [-0.15, -0.1) is 11.8 Å². The van der Waals surface area contributed by atoms with Crippen LogP contribution < -0.4 is 0 Å². The van der Waals surface area contributed by atoms with E-state index in [1.165, 1.54) is 29.7 Å². The standard InChI is InChI=1S/C14H17NOS/c1-9-2-6-12(7-3-9)17-14-11-5-4-10(8-11)13(14)15-16/h2-3,6-7,10-11,14,16H,4-5,8H2,1H3. The highest BCUT2D eigenvalue weighted by Gasteiger charge is 2.45. The summed E-state index contributed by atoms with van der Waals surface area (Å²) in [6.45, 7) is 2.10. The predicted octanol–water partition coefficient (Wildman–Crippen LogP) is 3.72. The van der Waals surface area contributed by atoms with E-state index >= 15 is 0 Å². The first kappa shape index (κ1) is 11.1. The van der Waals surface area contributed by atoms with Crippen LogP contribution in [0, 0.1) is 18.8 Å². The van der Waals surface area contributed by atoms with Crippen molar-refractivity contribution in [3.8, 4) is 0 Å². The SMILES string of the molecule is Cc1ccc(SC2C(=NO)C3CCC2C3)cc1. The minimum Gasteiger partial charge on any atom is -0.411 e. The van der Waals surface area contributed by atoms with Gasteiger partial charge >= 0.3 is 0 Å². The fourth-order valence-corrected chi connectivity index (χ4v) is 4.48. The Morgan fingerprint density at radius 3 is 2.71 bits per heavy atom. The Balaban J connectivity index is 1.79. The van der Waals surface area contributed by atoms with Crippen LogP contribution in [0.2, 0.25) is 0 Å². The van der Waals surface area contributed by atoms with Crippen molar-refractivity contribution >= 4 is 17.5 Å². The number of hydrogen-bond donors (Lipinski definition) is 1. The lowest BCUT2D eigenvalue weighted by Crippen LogP contribution is -2.24. The summed E-state index contributed by atoms with van der Waals surface area (Å²) < 4.78 is 0. The molecule has 90 valence electrons. The summed E-state index contributed by atoms with van der Waals surface area (Å²) in [5.41, 5.74) is 2.32. The summed E-state index contributed by atoms with van der Waals surface area (Å²) in [4.78, 5) is 1.29. The van der Waals surface area contributed by atoms with Gasteiger partial charge in [0.1, 0.15) is 0 Å². The Hall–Kier alpha value is -0.960. The molecular weight excluding hydrogens is 230 g/mol. The molecule has 0 spiro atoms. The number of thioether (sulfide) groups is 1. The zero-order valence-corrected chi connectivity index (χ0v) is 10.8. The highest BCUT2D eigenvalue weighted by atomic mass is 32.2. The van der Waals surface area contributed by atoms with Crippen molar-refractivity contribution in [2.24, 2.45) is 17.0 Å². The quantitative estimate of drug-likeness (QED) is 0.638. The Labute approximate surface area is 106 Å². The lowest BCUT2D eigenvalue weighted by molar-refractivity contribution is 0.314. The van der Waals surface area contributed by atoms with Gasteiger partial charge in [0.05, 0.1) is 11.0 Å². The van der Waals surface area contributed by atoms with E-state index in [9.17, 15) is 0 Å². The fraction of sp³-hybridized carbons (Fsp3) is 0.500. The second-order valence-corrected chi connectivity index (χ2v) is 6.36. The van der Waals surface area contributed by atoms with Crippen molar-refractivity contribution in [1.29, 1.82) is 0 Å². The van der Waals surface area contributed by atoms with E-state index in [0.29, 0.717) is 11.2 Å². The average Bonchev–Trinajstić information content (AvgIpc) is 2.92. The number of fused-ring (bicyclic) bond motifs is 2. The zero-order valence-electron chi connectivity index (χ0n) is 9.97. The Bertz CT molecular complexity index is 440. The minimum absolute atomic E-state index is 0.404. The third kappa shape index (κ3) is 1.97. The van der Waals surface area contributed by atoms with Gasteiger partial charge in [-0.2, -0.15) is 0 Å². The molecule has 2 aliphatic rings. The van der Waals surface area contributed by atoms with Crippen LogP contribution in [0.5, 0.6) is 0 Å². The third-order valence-electron chi connectivity index (χ3n) is 4.01. The number of benzene rings is 1. The largest absolute Gasteiger partial charge is 0.411 e. The highest BCUT2D eigenvalue weighted by molar-refractivity contribution is 8.00. The molecule has 0 saturated heterocycles. The molecule has 2 saturated carbocycles. The molecule has 0 aliphatic heterocycles. The van der Waals surface area contributed by atoms with Gasteiger partial charge in [-0.05, 0) is 44.2 Å². The van der Waals surface area contributed by atoms with Crippen molar-refractivity contribution in [1.82, 2.24) is 0 Å². The first-order valence-corrected chi connectivity index (χ1v) is 7.11. The van der Waals surface area contributed by atoms with Gasteiger partial charge in [0.2, 0.25) is 0 Å². The summed E-state index contributed by atoms with van der Waals surface area (Å²) in [7, 11) is 0. The van der Waals surface area contributed by atoms with E-state index in [0.717, 1.165) is 11.6 Å². The summed E-state index contributed by atoms with van der Waals surface area (Å²) in [5.74, 6) is 1.27. The van der Waals surface area contributed by atoms with Crippen molar-refractivity contribution in [2.45, 2.75) is 36.3 Å². The Morgan fingerprint density at radius 2 is 2.00 bits per heavy atom. The summed E-state index contributed by atoms with van der Waals surface area (Å²) >= 11 is 1.86. The van der Waals surface area contributed by atoms with Gasteiger partial charge in [0, 0.05) is 10.8 Å². The smallest absolute Gasteiger partial charge is 0.0737 e. The molecule has 2 nitrogen and oxygen atoms in total. The van der Waals surface area contributed by atoms with Crippen molar-refractivity contribution < 1.29 is 5.21 Å². The van der Waals surface area contributed by atoms with Crippen LogP contribution in [-0.4, -0.2) is 16.2 Å². The molecule has 0 heterocycles. The monoisotopic (exact) mass is 247 g/mol. The van der Waals surface area contributed by atoms with Crippen LogP contribution in [-0.2, 0) is 0 Å². The molecular formula is C14H17NOS. The average molecular weight is 247 g/mol. The molecule has 3 atom stereocenters. The van der Waals surface area contributed by atoms with Crippen LogP contribution in [0.1, 0.15) is 24.8 Å². The van der Waals surface area contributed by atoms with Gasteiger partial charge < -0.3 is 5.21 Å². The third-order valence-corrected chi connectivity index (χ3v) is 5.44. The minimum atomic E-state index is 0.404. The highest BCUT2D eigenvalue weighted by Crippen LogP contribution is 2.49. The van der Waals surface area contributed by atoms with Crippen molar-refractivity contribution in [2.75, 3.05) is 0 Å². The van der Waals surface area contributed by atoms with Gasteiger partial charge in [-0.3, -0.25) is 0 Å². The number of oxime groups is 1. The number of aryl methyl sites for hydroxylation is 1. The second-order valence-electron chi connectivity index (χ2n) is 5.15. The van der Waals surface area contributed by atoms with Crippen molar-refractivity contribution in [3.05, 3.63) is 29.8 Å². The maximum atomic E-state index is 9.16. The predicted molar refractivity (Wildman–Crippen MR) is 70.9 cm³/mol. The Morgan fingerprint density at radius 1 is 1.24 bits per heavy atom. The van der Waals surface area contributed by atoms with Gasteiger partial charge in [-0.25, -0.2) is 0 Å². The van der Waals surface area contributed by atoms with Crippen LogP contribution in [0.25, 0.3) is 0 Å². The normalized spacial score (nSPS) is 33.5. The van der Waals surface area contributed by atoms with Gasteiger partial charge in [0.15, 0.2) is 0 Å². The maximum Gasteiger partial charge on any atom is 0.0737 e. The molecule has 2 aliphatic carbocycles. The molecule has 0 amide bonds. The van der Waals surface area contributed by atoms with E-state index in [-0.39, 0.29) is 0 Å². The number of rotatable bonds is 2. The molecule has 3 heteroatoms. The van der Waals surface area contributed by atoms with E-state index in [1.807, 2.05) is 11.8 Å². The van der Waals surface area contributed by atoms with Crippen LogP contribution in [0.4, 0.5) is 0 Å². The van der Waals surface area contributed by atoms with Crippen LogP contribution >= 0.6 is 11.8 Å². The number of nitrogens with zero attached hydrogens (tertiary/aromatic N) is 1. The van der Waals surface area contributed by atoms with Crippen molar-refractivity contribution in [3.63, 3.8) is 0 Å². The molecule has 2 fully saturated rings. The Kier molecular flexibility index (Phi) is 2.87. The van der Waals surface area contributed by atoms with E-state index in [4.69, 9.17) is 5.21 Å². The summed E-state index contributed by atoms with van der Waals surface area (Å²) in [5, 5.41) is 13.1. The van der Waals surface area contributed by atoms with Crippen LogP contribution in [0.15, 0.2) is 34.3 Å². The molecule has 1 aromatic rings. The zero-order chi connectivity index (χ0) is 11.8. The molecule has 0 aromatic heterocycles. The first-order valence-electron chi connectivity index (χ1n) is 6.23.